The van der Waals surface area contributed by atoms with Crippen LogP contribution in [0.3, 0.4) is 0 Å². The van der Waals surface area contributed by atoms with Crippen molar-refractivity contribution in [2.75, 3.05) is 53.9 Å². The summed E-state index contributed by atoms with van der Waals surface area (Å²) >= 11 is 0. The van der Waals surface area contributed by atoms with Gasteiger partial charge in [-0.1, -0.05) is 0 Å². The molecule has 2 aliphatic heterocycles. The maximum atomic E-state index is 11.7. The zero-order valence-electron chi connectivity index (χ0n) is 10.4. The van der Waals surface area contributed by atoms with Crippen LogP contribution in [0.5, 0.6) is 0 Å². The molecule has 16 heavy (non-hydrogen) atoms. The summed E-state index contributed by atoms with van der Waals surface area (Å²) in [6, 6.07) is 0.0844. The van der Waals surface area contributed by atoms with E-state index < -0.39 is 0 Å². The molecule has 0 radical (unpaired) electrons. The Morgan fingerprint density at radius 1 is 1.31 bits per heavy atom. The summed E-state index contributed by atoms with van der Waals surface area (Å²) < 4.78 is 5.90. The second-order valence-electron chi connectivity index (χ2n) is 5.16. The van der Waals surface area contributed by atoms with Gasteiger partial charge in [0.2, 0.25) is 0 Å². The summed E-state index contributed by atoms with van der Waals surface area (Å²) in [6.07, 6.45) is 1.08. The maximum Gasteiger partial charge on any atom is 0.319 e. The van der Waals surface area contributed by atoms with E-state index in [4.69, 9.17) is 4.74 Å². The van der Waals surface area contributed by atoms with E-state index in [1.807, 2.05) is 4.90 Å². The van der Waals surface area contributed by atoms with Gasteiger partial charge in [0.15, 0.2) is 0 Å². The van der Waals surface area contributed by atoms with Crippen LogP contribution < -0.4 is 0 Å². The van der Waals surface area contributed by atoms with Crippen LogP contribution >= 0.6 is 0 Å². The molecule has 0 aliphatic carbocycles. The Morgan fingerprint density at radius 3 is 2.62 bits per heavy atom. The van der Waals surface area contributed by atoms with Gasteiger partial charge >= 0.3 is 6.03 Å². The Morgan fingerprint density at radius 2 is 2.00 bits per heavy atom. The molecule has 2 saturated heterocycles. The number of carbonyl (C=O) groups is 1. The molecule has 0 bridgehead atoms. The lowest BCUT2D eigenvalue weighted by molar-refractivity contribution is -0.128. The SMILES string of the molecule is CN1CCCOC2(C1)CN(C(=O)N(C)C)C2. The monoisotopic (exact) mass is 227 g/mol. The molecule has 0 aromatic carbocycles. The molecule has 0 saturated carbocycles. The van der Waals surface area contributed by atoms with Crippen molar-refractivity contribution in [3.63, 3.8) is 0 Å². The molecule has 2 fully saturated rings. The summed E-state index contributed by atoms with van der Waals surface area (Å²) in [5, 5.41) is 0. The van der Waals surface area contributed by atoms with Crippen LogP contribution in [0.2, 0.25) is 0 Å². The zero-order valence-corrected chi connectivity index (χ0v) is 10.4. The van der Waals surface area contributed by atoms with Gasteiger partial charge < -0.3 is 19.4 Å². The van der Waals surface area contributed by atoms with Crippen LogP contribution in [0.4, 0.5) is 4.79 Å². The summed E-state index contributed by atoms with van der Waals surface area (Å²) in [4.78, 5) is 17.5. The van der Waals surface area contributed by atoms with E-state index in [-0.39, 0.29) is 11.6 Å². The summed E-state index contributed by atoms with van der Waals surface area (Å²) in [5.41, 5.74) is -0.100. The second kappa shape index (κ2) is 4.22. The van der Waals surface area contributed by atoms with Crippen LogP contribution in [0.1, 0.15) is 6.42 Å². The molecule has 1 spiro atoms. The summed E-state index contributed by atoms with van der Waals surface area (Å²) in [6.45, 7) is 4.30. The van der Waals surface area contributed by atoms with E-state index in [0.717, 1.165) is 39.2 Å². The number of urea groups is 1. The third kappa shape index (κ3) is 2.15. The average Bonchev–Trinajstić information content (AvgIpc) is 2.36. The van der Waals surface area contributed by atoms with Crippen molar-refractivity contribution < 1.29 is 9.53 Å². The fraction of sp³-hybridized carbons (Fsp3) is 0.909. The molecule has 2 rings (SSSR count). The van der Waals surface area contributed by atoms with Gasteiger partial charge in [-0.2, -0.15) is 0 Å². The van der Waals surface area contributed by atoms with Crippen molar-refractivity contribution in [2.24, 2.45) is 0 Å². The highest BCUT2D eigenvalue weighted by Gasteiger charge is 2.48. The van der Waals surface area contributed by atoms with Gasteiger partial charge in [-0.25, -0.2) is 4.79 Å². The number of likely N-dealkylation sites (N-methyl/N-ethyl adjacent to an activating group) is 1. The summed E-state index contributed by atoms with van der Waals surface area (Å²) in [5.74, 6) is 0. The minimum absolute atomic E-state index is 0.0844. The largest absolute Gasteiger partial charge is 0.370 e. The zero-order chi connectivity index (χ0) is 11.8. The molecule has 92 valence electrons. The van der Waals surface area contributed by atoms with Gasteiger partial charge in [0.25, 0.3) is 0 Å². The molecular formula is C11H21N3O2. The van der Waals surface area contributed by atoms with E-state index in [1.165, 1.54) is 0 Å². The average molecular weight is 227 g/mol. The molecule has 0 atom stereocenters. The number of carbonyl (C=O) groups excluding carboxylic acids is 1. The molecule has 2 aliphatic rings. The van der Waals surface area contributed by atoms with Crippen molar-refractivity contribution >= 4 is 6.03 Å². The van der Waals surface area contributed by atoms with Crippen molar-refractivity contribution in [2.45, 2.75) is 12.0 Å². The van der Waals surface area contributed by atoms with E-state index in [1.54, 1.807) is 19.0 Å². The van der Waals surface area contributed by atoms with E-state index in [0.29, 0.717) is 0 Å². The molecule has 2 heterocycles. The minimum Gasteiger partial charge on any atom is -0.370 e. The molecule has 2 amide bonds. The van der Waals surface area contributed by atoms with E-state index >= 15 is 0 Å². The van der Waals surface area contributed by atoms with Crippen molar-refractivity contribution in [1.82, 2.24) is 14.7 Å². The van der Waals surface area contributed by atoms with Gasteiger partial charge in [0.1, 0.15) is 5.60 Å². The van der Waals surface area contributed by atoms with Gasteiger partial charge in [0.05, 0.1) is 13.1 Å². The standard InChI is InChI=1S/C11H21N3O2/c1-12(2)10(15)14-8-11(9-14)7-13(3)5-4-6-16-11/h4-9H2,1-3H3. The topological polar surface area (TPSA) is 36.0 Å². The highest BCUT2D eigenvalue weighted by Crippen LogP contribution is 2.28. The predicted molar refractivity (Wildman–Crippen MR) is 61.5 cm³/mol. The Hall–Kier alpha value is -0.810. The minimum atomic E-state index is -0.100. The Balaban J connectivity index is 1.91. The first-order valence-corrected chi connectivity index (χ1v) is 5.81. The highest BCUT2D eigenvalue weighted by atomic mass is 16.5. The quantitative estimate of drug-likeness (QED) is 0.588. The fourth-order valence-corrected chi connectivity index (χ4v) is 2.50. The number of likely N-dealkylation sites (tertiary alicyclic amines) is 1. The lowest BCUT2D eigenvalue weighted by Crippen LogP contribution is -2.69. The maximum absolute atomic E-state index is 11.7. The number of amides is 2. The Bertz CT molecular complexity index is 274. The van der Waals surface area contributed by atoms with Crippen LogP contribution in [0.25, 0.3) is 0 Å². The Labute approximate surface area is 96.9 Å². The lowest BCUT2D eigenvalue weighted by Gasteiger charge is -2.50. The highest BCUT2D eigenvalue weighted by molar-refractivity contribution is 5.75. The smallest absolute Gasteiger partial charge is 0.319 e. The fourth-order valence-electron chi connectivity index (χ4n) is 2.50. The number of ether oxygens (including phenoxy) is 1. The summed E-state index contributed by atoms with van der Waals surface area (Å²) in [7, 11) is 5.69. The molecule has 0 unspecified atom stereocenters. The number of nitrogens with zero attached hydrogens (tertiary/aromatic N) is 3. The van der Waals surface area contributed by atoms with Crippen LogP contribution in [0.15, 0.2) is 0 Å². The molecule has 0 aromatic heterocycles. The molecule has 0 aromatic rings. The van der Waals surface area contributed by atoms with Gasteiger partial charge in [-0.05, 0) is 13.5 Å². The number of rotatable bonds is 0. The number of hydrogen-bond donors (Lipinski definition) is 0. The molecular weight excluding hydrogens is 206 g/mol. The van der Waals surface area contributed by atoms with Crippen molar-refractivity contribution in [3.05, 3.63) is 0 Å². The first-order valence-electron chi connectivity index (χ1n) is 5.81. The van der Waals surface area contributed by atoms with Gasteiger partial charge in [0, 0.05) is 33.8 Å². The van der Waals surface area contributed by atoms with Crippen LogP contribution in [-0.2, 0) is 4.74 Å². The first kappa shape index (κ1) is 11.7. The lowest BCUT2D eigenvalue weighted by atomic mass is 9.93. The second-order valence-corrected chi connectivity index (χ2v) is 5.16. The molecule has 5 nitrogen and oxygen atoms in total. The molecule has 5 heteroatoms. The third-order valence-electron chi connectivity index (χ3n) is 3.26. The normalized spacial score (nSPS) is 25.1. The number of hydrogen-bond acceptors (Lipinski definition) is 3. The van der Waals surface area contributed by atoms with Crippen LogP contribution in [-0.4, -0.2) is 80.3 Å². The predicted octanol–water partition coefficient (Wildman–Crippen LogP) is 0.0745. The van der Waals surface area contributed by atoms with Gasteiger partial charge in [-0.15, -0.1) is 0 Å². The van der Waals surface area contributed by atoms with Crippen LogP contribution in [0, 0.1) is 0 Å². The third-order valence-corrected chi connectivity index (χ3v) is 3.26. The van der Waals surface area contributed by atoms with Crippen molar-refractivity contribution in [1.29, 1.82) is 0 Å². The molecule has 0 N–H and O–H groups in total. The van der Waals surface area contributed by atoms with E-state index in [2.05, 4.69) is 11.9 Å². The van der Waals surface area contributed by atoms with Crippen molar-refractivity contribution in [3.8, 4) is 0 Å². The van der Waals surface area contributed by atoms with Gasteiger partial charge in [-0.3, -0.25) is 0 Å². The van der Waals surface area contributed by atoms with E-state index in [9.17, 15) is 4.79 Å². The first-order chi connectivity index (χ1) is 7.52. The Kier molecular flexibility index (Phi) is 3.08.